The van der Waals surface area contributed by atoms with Crippen LogP contribution in [0.5, 0.6) is 11.5 Å². The summed E-state index contributed by atoms with van der Waals surface area (Å²) in [4.78, 5) is 15.6. The minimum absolute atomic E-state index is 0.00325. The number of hydrogen-bond acceptors (Lipinski definition) is 5. The third kappa shape index (κ3) is 4.24. The average molecular weight is 379 g/mol. The first-order valence-corrected chi connectivity index (χ1v) is 9.20. The summed E-state index contributed by atoms with van der Waals surface area (Å²) in [7, 11) is -1.34. The molecule has 1 heterocycles. The van der Waals surface area contributed by atoms with Crippen molar-refractivity contribution < 1.29 is 22.7 Å². The Labute approximate surface area is 152 Å². The second-order valence-corrected chi connectivity index (χ2v) is 6.99. The van der Waals surface area contributed by atoms with Gasteiger partial charge in [0.2, 0.25) is 10.0 Å². The third-order valence-electron chi connectivity index (χ3n) is 3.73. The molecule has 140 valence electrons. The quantitative estimate of drug-likeness (QED) is 0.603. The van der Waals surface area contributed by atoms with Crippen LogP contribution in [-0.4, -0.2) is 33.5 Å². The van der Waals surface area contributed by atoms with Crippen LogP contribution >= 0.6 is 0 Å². The number of aromatic nitrogens is 1. The number of methoxy groups -OCH3 is 2. The summed E-state index contributed by atoms with van der Waals surface area (Å²) in [6, 6.07) is 5.63. The van der Waals surface area contributed by atoms with Crippen molar-refractivity contribution in [3.63, 3.8) is 0 Å². The highest BCUT2D eigenvalue weighted by atomic mass is 32.2. The van der Waals surface area contributed by atoms with Crippen LogP contribution in [0.25, 0.3) is 0 Å². The first-order valence-electron chi connectivity index (χ1n) is 7.65. The Balaban J connectivity index is 2.47. The molecule has 0 aliphatic rings. The number of sulfonamides is 1. The van der Waals surface area contributed by atoms with E-state index in [0.29, 0.717) is 6.42 Å². The van der Waals surface area contributed by atoms with Gasteiger partial charge in [0.25, 0.3) is 5.91 Å². The molecule has 2 rings (SSSR count). The summed E-state index contributed by atoms with van der Waals surface area (Å²) < 4.78 is 33.8. The number of ether oxygens (including phenoxy) is 2. The molecule has 0 saturated heterocycles. The zero-order valence-corrected chi connectivity index (χ0v) is 15.3. The van der Waals surface area contributed by atoms with Gasteiger partial charge in [-0.2, -0.15) is 0 Å². The monoisotopic (exact) mass is 379 g/mol. The molecule has 9 heteroatoms. The smallest absolute Gasteiger partial charge is 0.255 e. The number of amides is 1. The van der Waals surface area contributed by atoms with E-state index in [1.807, 2.05) is 12.1 Å². The van der Waals surface area contributed by atoms with E-state index in [1.54, 1.807) is 12.3 Å². The molecule has 4 N–H and O–H groups in total. The van der Waals surface area contributed by atoms with E-state index in [4.69, 9.17) is 14.6 Å². The van der Waals surface area contributed by atoms with Gasteiger partial charge in [0, 0.05) is 18.0 Å². The molecule has 2 aromatic rings. The molecule has 1 atom stereocenters. The van der Waals surface area contributed by atoms with Gasteiger partial charge in [-0.15, -0.1) is 6.58 Å². The van der Waals surface area contributed by atoms with E-state index >= 15 is 0 Å². The molecular weight excluding hydrogens is 358 g/mol. The van der Waals surface area contributed by atoms with Gasteiger partial charge in [-0.05, 0) is 24.6 Å². The van der Waals surface area contributed by atoms with Crippen molar-refractivity contribution in [3.05, 3.63) is 54.4 Å². The topological polar surface area (TPSA) is 124 Å². The van der Waals surface area contributed by atoms with Crippen LogP contribution in [-0.2, 0) is 10.0 Å². The number of nitrogens with one attached hydrogen (secondary N) is 2. The first kappa shape index (κ1) is 19.5. The predicted octanol–water partition coefficient (Wildman–Crippen LogP) is 1.73. The number of rotatable bonds is 8. The highest BCUT2D eigenvalue weighted by Gasteiger charge is 2.24. The summed E-state index contributed by atoms with van der Waals surface area (Å²) >= 11 is 0. The van der Waals surface area contributed by atoms with Crippen LogP contribution in [0.2, 0.25) is 0 Å². The lowest BCUT2D eigenvalue weighted by Gasteiger charge is -2.19. The summed E-state index contributed by atoms with van der Waals surface area (Å²) in [5.41, 5.74) is 0.781. The third-order valence-corrected chi connectivity index (χ3v) is 4.62. The Morgan fingerprint density at radius 2 is 2.12 bits per heavy atom. The zero-order chi connectivity index (χ0) is 19.3. The fraction of sp³-hybridized carbons (Fsp3) is 0.235. The Kier molecular flexibility index (Phi) is 6.06. The van der Waals surface area contributed by atoms with Crippen molar-refractivity contribution in [2.75, 3.05) is 14.2 Å². The van der Waals surface area contributed by atoms with Crippen LogP contribution in [0.15, 0.2) is 48.0 Å². The second-order valence-electron chi connectivity index (χ2n) is 5.43. The number of hydrogen-bond donors (Lipinski definition) is 3. The summed E-state index contributed by atoms with van der Waals surface area (Å²) in [6.07, 6.45) is 3.88. The van der Waals surface area contributed by atoms with E-state index in [0.717, 1.165) is 11.8 Å². The maximum atomic E-state index is 12.8. The van der Waals surface area contributed by atoms with Gasteiger partial charge >= 0.3 is 0 Å². The van der Waals surface area contributed by atoms with Gasteiger partial charge in [0.1, 0.15) is 0 Å². The fourth-order valence-electron chi connectivity index (χ4n) is 2.50. The molecule has 0 radical (unpaired) electrons. The van der Waals surface area contributed by atoms with Crippen molar-refractivity contribution in [2.45, 2.75) is 17.4 Å². The molecule has 0 aliphatic carbocycles. The number of benzene rings is 1. The second kappa shape index (κ2) is 8.07. The zero-order valence-electron chi connectivity index (χ0n) is 14.5. The minimum atomic E-state index is -4.04. The fourth-order valence-corrected chi connectivity index (χ4v) is 3.05. The summed E-state index contributed by atoms with van der Waals surface area (Å²) in [5.74, 6) is -0.336. The van der Waals surface area contributed by atoms with Crippen LogP contribution in [0.1, 0.15) is 28.5 Å². The molecule has 0 aliphatic heterocycles. The maximum Gasteiger partial charge on any atom is 0.255 e. The lowest BCUT2D eigenvalue weighted by atomic mass is 10.1. The lowest BCUT2D eigenvalue weighted by molar-refractivity contribution is 0.0932. The predicted molar refractivity (Wildman–Crippen MR) is 96.7 cm³/mol. The summed E-state index contributed by atoms with van der Waals surface area (Å²) in [6.45, 7) is 3.69. The van der Waals surface area contributed by atoms with Gasteiger partial charge in [0.05, 0.1) is 30.7 Å². The van der Waals surface area contributed by atoms with E-state index in [1.165, 1.54) is 20.3 Å². The SMILES string of the molecule is C=CCC(NC(=O)c1cc(S(N)(=O)=O)cc(OC)c1OC)c1ccc[nH]1. The van der Waals surface area contributed by atoms with Gasteiger partial charge in [-0.1, -0.05) is 6.08 Å². The van der Waals surface area contributed by atoms with Crippen LogP contribution < -0.4 is 19.9 Å². The average Bonchev–Trinajstić information content (AvgIpc) is 3.13. The van der Waals surface area contributed by atoms with Crippen molar-refractivity contribution in [1.82, 2.24) is 10.3 Å². The van der Waals surface area contributed by atoms with E-state index in [-0.39, 0.29) is 28.0 Å². The number of aromatic amines is 1. The largest absolute Gasteiger partial charge is 0.493 e. The highest BCUT2D eigenvalue weighted by molar-refractivity contribution is 7.89. The molecular formula is C17H21N3O5S. The molecule has 1 amide bonds. The van der Waals surface area contributed by atoms with Crippen LogP contribution in [0.4, 0.5) is 0 Å². The molecule has 1 unspecified atom stereocenters. The van der Waals surface area contributed by atoms with Crippen molar-refractivity contribution >= 4 is 15.9 Å². The first-order chi connectivity index (χ1) is 12.3. The Bertz CT molecular complexity index is 891. The molecule has 26 heavy (non-hydrogen) atoms. The van der Waals surface area contributed by atoms with Crippen molar-refractivity contribution in [2.24, 2.45) is 5.14 Å². The normalized spacial score (nSPS) is 12.3. The van der Waals surface area contributed by atoms with Crippen molar-refractivity contribution in [3.8, 4) is 11.5 Å². The molecule has 1 aromatic carbocycles. The van der Waals surface area contributed by atoms with Gasteiger partial charge in [-0.25, -0.2) is 13.6 Å². The van der Waals surface area contributed by atoms with Gasteiger partial charge in [0.15, 0.2) is 11.5 Å². The van der Waals surface area contributed by atoms with Crippen LogP contribution in [0, 0.1) is 0 Å². The molecule has 0 spiro atoms. The Morgan fingerprint density at radius 3 is 2.62 bits per heavy atom. The van der Waals surface area contributed by atoms with E-state index in [2.05, 4.69) is 16.9 Å². The van der Waals surface area contributed by atoms with Crippen molar-refractivity contribution in [1.29, 1.82) is 0 Å². The molecule has 0 fully saturated rings. The van der Waals surface area contributed by atoms with E-state index < -0.39 is 15.9 Å². The Morgan fingerprint density at radius 1 is 1.38 bits per heavy atom. The number of H-pyrrole nitrogens is 1. The van der Waals surface area contributed by atoms with Gasteiger partial charge < -0.3 is 19.8 Å². The highest BCUT2D eigenvalue weighted by Crippen LogP contribution is 2.34. The van der Waals surface area contributed by atoms with E-state index in [9.17, 15) is 13.2 Å². The number of primary sulfonamides is 1. The molecule has 8 nitrogen and oxygen atoms in total. The minimum Gasteiger partial charge on any atom is -0.493 e. The molecule has 0 saturated carbocycles. The maximum absolute atomic E-state index is 12.8. The Hall–Kier alpha value is -2.78. The van der Waals surface area contributed by atoms with Crippen LogP contribution in [0.3, 0.4) is 0 Å². The molecule has 1 aromatic heterocycles. The molecule has 0 bridgehead atoms. The summed E-state index contributed by atoms with van der Waals surface area (Å²) in [5, 5.41) is 8.02. The van der Waals surface area contributed by atoms with Gasteiger partial charge in [-0.3, -0.25) is 4.79 Å². The standard InChI is InChI=1S/C17H21N3O5S/c1-4-6-14(13-7-5-8-19-13)20-17(21)12-9-11(26(18,22)23)10-15(24-2)16(12)25-3/h4-5,7-10,14,19H,1,6H2,2-3H3,(H,20,21)(H2,18,22,23). The number of carbonyl (C=O) groups is 1. The number of carbonyl (C=O) groups excluding carboxylic acids is 1. The lowest BCUT2D eigenvalue weighted by Crippen LogP contribution is -2.29. The number of nitrogens with two attached hydrogens (primary N) is 1.